The molecule has 0 spiro atoms. The Kier molecular flexibility index (Phi) is 4.05. The molecule has 0 aliphatic rings. The van der Waals surface area contributed by atoms with Crippen LogP contribution < -0.4 is 17.3 Å². The van der Waals surface area contributed by atoms with E-state index >= 15 is 0 Å². The molecule has 1 heterocycles. The van der Waals surface area contributed by atoms with Gasteiger partial charge in [0.15, 0.2) is 5.82 Å². The van der Waals surface area contributed by atoms with Gasteiger partial charge in [0.25, 0.3) is 0 Å². The molecule has 0 atom stereocenters. The molecule has 0 fully saturated rings. The minimum atomic E-state index is -0.592. The number of nitrogens with two attached hydrogens (primary N) is 3. The number of aryl methyl sites for hydroxylation is 1. The maximum absolute atomic E-state index is 11.1. The molecule has 0 aliphatic heterocycles. The van der Waals surface area contributed by atoms with Gasteiger partial charge in [0.1, 0.15) is 0 Å². The fraction of sp³-hybridized carbons (Fsp3) is 0.182. The molecule has 9 heteroatoms. The first-order valence-electron chi connectivity index (χ1n) is 5.70. The van der Waals surface area contributed by atoms with Crippen LogP contribution in [0.25, 0.3) is 0 Å². The standard InChI is InChI=1S/C11H13ClN6OS/c1-2-8-16-17-11(18(8)15)20-9-6(12)3-5(10(14)19)4-7(9)13/h3-4H,2,13,15H2,1H3,(H2,14,19). The third-order valence-corrected chi connectivity index (χ3v) is 4.13. The van der Waals surface area contributed by atoms with E-state index in [9.17, 15) is 4.79 Å². The lowest BCUT2D eigenvalue weighted by Gasteiger charge is -2.09. The first-order chi connectivity index (χ1) is 9.43. The molecule has 0 saturated carbocycles. The SMILES string of the molecule is CCc1nnc(Sc2c(N)cc(C(N)=O)cc2Cl)n1N. The number of anilines is 1. The summed E-state index contributed by atoms with van der Waals surface area (Å²) < 4.78 is 1.38. The third kappa shape index (κ3) is 2.66. The smallest absolute Gasteiger partial charge is 0.248 e. The minimum absolute atomic E-state index is 0.250. The molecule has 1 aromatic carbocycles. The molecule has 0 radical (unpaired) electrons. The average molecular weight is 313 g/mol. The molecule has 2 rings (SSSR count). The molecule has 0 aliphatic carbocycles. The van der Waals surface area contributed by atoms with Crippen LogP contribution in [0, 0.1) is 0 Å². The number of halogens is 1. The molecule has 1 amide bonds. The van der Waals surface area contributed by atoms with Crippen molar-refractivity contribution >= 4 is 35.0 Å². The highest BCUT2D eigenvalue weighted by Gasteiger charge is 2.16. The summed E-state index contributed by atoms with van der Waals surface area (Å²) in [6.45, 7) is 1.92. The number of nitrogens with zero attached hydrogens (tertiary/aromatic N) is 3. The van der Waals surface area contributed by atoms with E-state index in [-0.39, 0.29) is 5.56 Å². The lowest BCUT2D eigenvalue weighted by molar-refractivity contribution is 0.100. The highest BCUT2D eigenvalue weighted by atomic mass is 35.5. The number of amides is 1. The number of aromatic nitrogens is 3. The van der Waals surface area contributed by atoms with E-state index in [2.05, 4.69) is 10.2 Å². The summed E-state index contributed by atoms with van der Waals surface area (Å²) in [6.07, 6.45) is 0.661. The van der Waals surface area contributed by atoms with Crippen molar-refractivity contribution in [2.75, 3.05) is 11.6 Å². The summed E-state index contributed by atoms with van der Waals surface area (Å²) >= 11 is 7.29. The van der Waals surface area contributed by atoms with Crippen LogP contribution in [0.4, 0.5) is 5.69 Å². The summed E-state index contributed by atoms with van der Waals surface area (Å²) in [7, 11) is 0. The molecule has 0 bridgehead atoms. The number of primary amides is 1. The maximum Gasteiger partial charge on any atom is 0.248 e. The Morgan fingerprint density at radius 3 is 2.65 bits per heavy atom. The predicted octanol–water partition coefficient (Wildman–Crippen LogP) is 1.04. The summed E-state index contributed by atoms with van der Waals surface area (Å²) in [6, 6.07) is 2.93. The molecular formula is C11H13ClN6OS. The van der Waals surface area contributed by atoms with Gasteiger partial charge < -0.3 is 17.3 Å². The maximum atomic E-state index is 11.1. The summed E-state index contributed by atoms with van der Waals surface area (Å²) in [5.41, 5.74) is 11.7. The Morgan fingerprint density at radius 1 is 1.45 bits per heavy atom. The number of carbonyl (C=O) groups excluding carboxylic acids is 1. The zero-order chi connectivity index (χ0) is 14.9. The van der Waals surface area contributed by atoms with Gasteiger partial charge in [-0.25, -0.2) is 4.68 Å². The van der Waals surface area contributed by atoms with Gasteiger partial charge in [-0.3, -0.25) is 4.79 Å². The molecular weight excluding hydrogens is 300 g/mol. The van der Waals surface area contributed by atoms with Gasteiger partial charge in [-0.2, -0.15) is 0 Å². The van der Waals surface area contributed by atoms with Crippen molar-refractivity contribution in [2.45, 2.75) is 23.4 Å². The normalized spacial score (nSPS) is 10.7. The topological polar surface area (TPSA) is 126 Å². The van der Waals surface area contributed by atoms with E-state index in [1.807, 2.05) is 6.92 Å². The molecule has 20 heavy (non-hydrogen) atoms. The first-order valence-corrected chi connectivity index (χ1v) is 6.89. The van der Waals surface area contributed by atoms with Crippen molar-refractivity contribution in [3.05, 3.63) is 28.5 Å². The molecule has 1 aromatic heterocycles. The van der Waals surface area contributed by atoms with Crippen LogP contribution in [0.2, 0.25) is 5.02 Å². The van der Waals surface area contributed by atoms with E-state index < -0.39 is 5.91 Å². The average Bonchev–Trinajstić information content (AvgIpc) is 2.74. The van der Waals surface area contributed by atoms with Gasteiger partial charge in [-0.1, -0.05) is 18.5 Å². The zero-order valence-corrected chi connectivity index (χ0v) is 12.2. The lowest BCUT2D eigenvalue weighted by Crippen LogP contribution is -2.13. The second-order valence-electron chi connectivity index (χ2n) is 3.97. The number of rotatable bonds is 4. The van der Waals surface area contributed by atoms with E-state index in [0.29, 0.717) is 33.0 Å². The predicted molar refractivity (Wildman–Crippen MR) is 78.1 cm³/mol. The molecule has 6 N–H and O–H groups in total. The van der Waals surface area contributed by atoms with Gasteiger partial charge >= 0.3 is 0 Å². The van der Waals surface area contributed by atoms with Crippen molar-refractivity contribution in [2.24, 2.45) is 5.73 Å². The summed E-state index contributed by atoms with van der Waals surface area (Å²) in [4.78, 5) is 11.7. The van der Waals surface area contributed by atoms with E-state index in [1.165, 1.54) is 28.6 Å². The lowest BCUT2D eigenvalue weighted by atomic mass is 10.2. The van der Waals surface area contributed by atoms with Gasteiger partial charge in [0.05, 0.1) is 9.92 Å². The van der Waals surface area contributed by atoms with Crippen molar-refractivity contribution in [3.8, 4) is 0 Å². The van der Waals surface area contributed by atoms with Crippen LogP contribution in [0.1, 0.15) is 23.1 Å². The molecule has 0 unspecified atom stereocenters. The van der Waals surface area contributed by atoms with Gasteiger partial charge in [-0.15, -0.1) is 10.2 Å². The fourth-order valence-electron chi connectivity index (χ4n) is 1.57. The Hall–Kier alpha value is -1.93. The number of hydrogen-bond acceptors (Lipinski definition) is 6. The Morgan fingerprint density at radius 2 is 2.15 bits per heavy atom. The number of benzene rings is 1. The largest absolute Gasteiger partial charge is 0.398 e. The van der Waals surface area contributed by atoms with E-state index in [0.717, 1.165) is 0 Å². The third-order valence-electron chi connectivity index (χ3n) is 2.60. The highest BCUT2D eigenvalue weighted by molar-refractivity contribution is 7.99. The van der Waals surface area contributed by atoms with Crippen molar-refractivity contribution in [3.63, 3.8) is 0 Å². The second-order valence-corrected chi connectivity index (χ2v) is 5.35. The van der Waals surface area contributed by atoms with Gasteiger partial charge in [0.2, 0.25) is 11.1 Å². The molecule has 7 nitrogen and oxygen atoms in total. The number of carbonyl (C=O) groups is 1. The van der Waals surface area contributed by atoms with Crippen LogP contribution in [-0.2, 0) is 6.42 Å². The highest BCUT2D eigenvalue weighted by Crippen LogP contribution is 2.37. The summed E-state index contributed by atoms with van der Waals surface area (Å²) in [5, 5.41) is 8.68. The Bertz CT molecular complexity index is 648. The quantitative estimate of drug-likeness (QED) is 0.572. The minimum Gasteiger partial charge on any atom is -0.398 e. The van der Waals surface area contributed by atoms with Crippen LogP contribution in [-0.4, -0.2) is 20.8 Å². The van der Waals surface area contributed by atoms with Crippen LogP contribution in [0.15, 0.2) is 22.2 Å². The Balaban J connectivity index is 2.38. The van der Waals surface area contributed by atoms with Gasteiger partial charge in [0, 0.05) is 17.7 Å². The van der Waals surface area contributed by atoms with Gasteiger partial charge in [-0.05, 0) is 23.9 Å². The molecule has 0 saturated heterocycles. The van der Waals surface area contributed by atoms with Crippen molar-refractivity contribution in [1.29, 1.82) is 0 Å². The summed E-state index contributed by atoms with van der Waals surface area (Å²) in [5.74, 6) is 5.91. The van der Waals surface area contributed by atoms with Crippen LogP contribution in [0.5, 0.6) is 0 Å². The molecule has 2 aromatic rings. The second kappa shape index (κ2) is 5.59. The van der Waals surface area contributed by atoms with E-state index in [4.69, 9.17) is 28.9 Å². The monoisotopic (exact) mass is 312 g/mol. The Labute approximate surface area is 124 Å². The van der Waals surface area contributed by atoms with Crippen LogP contribution in [0.3, 0.4) is 0 Å². The number of hydrogen-bond donors (Lipinski definition) is 3. The first kappa shape index (κ1) is 14.5. The van der Waals surface area contributed by atoms with Crippen molar-refractivity contribution in [1.82, 2.24) is 14.9 Å². The molecule has 106 valence electrons. The van der Waals surface area contributed by atoms with E-state index in [1.54, 1.807) is 0 Å². The fourth-order valence-corrected chi connectivity index (χ4v) is 2.72. The van der Waals surface area contributed by atoms with Crippen molar-refractivity contribution < 1.29 is 4.79 Å². The van der Waals surface area contributed by atoms with Crippen LogP contribution >= 0.6 is 23.4 Å². The zero-order valence-electron chi connectivity index (χ0n) is 10.6. The number of nitrogen functional groups attached to an aromatic ring is 2.